The van der Waals surface area contributed by atoms with Crippen molar-refractivity contribution in [1.29, 1.82) is 0 Å². The van der Waals surface area contributed by atoms with Crippen molar-refractivity contribution in [3.8, 4) is 5.75 Å². The Bertz CT molecular complexity index is 491. The van der Waals surface area contributed by atoms with Gasteiger partial charge in [-0.15, -0.1) is 0 Å². The third kappa shape index (κ3) is 6.16. The Kier molecular flexibility index (Phi) is 7.57. The quantitative estimate of drug-likeness (QED) is 0.795. The summed E-state index contributed by atoms with van der Waals surface area (Å²) in [7, 11) is 0. The first kappa shape index (κ1) is 18.8. The van der Waals surface area contributed by atoms with Gasteiger partial charge in [0, 0.05) is 13.1 Å². The first-order chi connectivity index (χ1) is 11.6. The van der Waals surface area contributed by atoms with Crippen LogP contribution in [0.5, 0.6) is 5.75 Å². The number of rotatable bonds is 8. The van der Waals surface area contributed by atoms with Crippen molar-refractivity contribution < 1.29 is 9.53 Å². The van der Waals surface area contributed by atoms with E-state index in [1.807, 2.05) is 29.2 Å². The maximum Gasteiger partial charge on any atom is 0.226 e. The van der Waals surface area contributed by atoms with Crippen LogP contribution in [0.25, 0.3) is 0 Å². The van der Waals surface area contributed by atoms with Gasteiger partial charge in [-0.1, -0.05) is 32.9 Å². The van der Waals surface area contributed by atoms with Crippen molar-refractivity contribution in [3.05, 3.63) is 29.8 Å². The largest absolute Gasteiger partial charge is 0.493 e. The minimum atomic E-state index is 0.243. The minimum absolute atomic E-state index is 0.243. The second-order valence-electron chi connectivity index (χ2n) is 7.16. The number of piperidine rings is 1. The Morgan fingerprint density at radius 3 is 2.50 bits per heavy atom. The summed E-state index contributed by atoms with van der Waals surface area (Å²) >= 11 is 0. The monoisotopic (exact) mass is 332 g/mol. The smallest absolute Gasteiger partial charge is 0.226 e. The zero-order valence-corrected chi connectivity index (χ0v) is 15.4. The fourth-order valence-corrected chi connectivity index (χ4v) is 2.99. The number of nitrogens with one attached hydrogen (secondary N) is 1. The van der Waals surface area contributed by atoms with Crippen LogP contribution in [0, 0.1) is 11.8 Å². The number of carbonyl (C=O) groups excluding carboxylic acids is 1. The zero-order valence-electron chi connectivity index (χ0n) is 15.4. The number of likely N-dealkylation sites (tertiary alicyclic amines) is 1. The van der Waals surface area contributed by atoms with E-state index in [-0.39, 0.29) is 5.91 Å². The van der Waals surface area contributed by atoms with Gasteiger partial charge in [0.15, 0.2) is 0 Å². The summed E-state index contributed by atoms with van der Waals surface area (Å²) in [6.45, 7) is 11.0. The van der Waals surface area contributed by atoms with Crippen molar-refractivity contribution in [3.63, 3.8) is 0 Å². The molecule has 1 saturated heterocycles. The van der Waals surface area contributed by atoms with Gasteiger partial charge >= 0.3 is 0 Å². The first-order valence-corrected chi connectivity index (χ1v) is 9.28. The lowest BCUT2D eigenvalue weighted by Crippen LogP contribution is -2.41. The van der Waals surface area contributed by atoms with Gasteiger partial charge in [0.25, 0.3) is 0 Å². The summed E-state index contributed by atoms with van der Waals surface area (Å²) in [5.74, 6) is 2.35. The molecule has 1 fully saturated rings. The third-order valence-electron chi connectivity index (χ3n) is 4.51. The molecule has 4 nitrogen and oxygen atoms in total. The molecule has 1 aliphatic heterocycles. The average molecular weight is 332 g/mol. The molecule has 1 N–H and O–H groups in total. The molecule has 0 spiro atoms. The molecule has 1 aromatic rings. The Morgan fingerprint density at radius 1 is 1.25 bits per heavy atom. The first-order valence-electron chi connectivity index (χ1n) is 9.28. The fourth-order valence-electron chi connectivity index (χ4n) is 2.99. The third-order valence-corrected chi connectivity index (χ3v) is 4.51. The van der Waals surface area contributed by atoms with Crippen molar-refractivity contribution >= 4 is 5.91 Å². The summed E-state index contributed by atoms with van der Waals surface area (Å²) in [6, 6.07) is 7.94. The van der Waals surface area contributed by atoms with Crippen LogP contribution < -0.4 is 10.1 Å². The molecule has 4 heteroatoms. The lowest BCUT2D eigenvalue weighted by molar-refractivity contribution is -0.131. The highest BCUT2D eigenvalue weighted by atomic mass is 16.5. The Labute approximate surface area is 146 Å². The van der Waals surface area contributed by atoms with Crippen LogP contribution in [0.4, 0.5) is 0 Å². The number of benzene rings is 1. The number of amides is 1. The second kappa shape index (κ2) is 9.67. The molecular formula is C20H32N2O2. The van der Waals surface area contributed by atoms with Gasteiger partial charge in [-0.05, 0) is 55.5 Å². The molecule has 2 rings (SSSR count). The molecule has 0 atom stereocenters. The summed E-state index contributed by atoms with van der Waals surface area (Å²) in [5.41, 5.74) is 1.06. The predicted molar refractivity (Wildman–Crippen MR) is 98.3 cm³/mol. The molecule has 134 valence electrons. The highest BCUT2D eigenvalue weighted by Crippen LogP contribution is 2.18. The number of carbonyl (C=O) groups is 1. The van der Waals surface area contributed by atoms with Gasteiger partial charge in [-0.3, -0.25) is 4.79 Å². The van der Waals surface area contributed by atoms with E-state index in [0.717, 1.165) is 56.9 Å². The van der Waals surface area contributed by atoms with Crippen LogP contribution in [0.2, 0.25) is 0 Å². The Balaban J connectivity index is 1.76. The molecule has 0 aromatic heterocycles. The van der Waals surface area contributed by atoms with Gasteiger partial charge in [0.05, 0.1) is 13.0 Å². The van der Waals surface area contributed by atoms with Crippen molar-refractivity contribution in [2.24, 2.45) is 11.8 Å². The van der Waals surface area contributed by atoms with Gasteiger partial charge < -0.3 is 15.0 Å². The van der Waals surface area contributed by atoms with Crippen molar-refractivity contribution in [2.75, 3.05) is 32.8 Å². The number of hydrogen-bond donors (Lipinski definition) is 1. The normalized spacial score (nSPS) is 15.8. The predicted octanol–water partition coefficient (Wildman–Crippen LogP) is 3.11. The molecule has 1 aromatic carbocycles. The second-order valence-corrected chi connectivity index (χ2v) is 7.16. The summed E-state index contributed by atoms with van der Waals surface area (Å²) in [6.07, 6.45) is 2.71. The SMILES string of the molecule is CCNCC1CCN(C(=O)Cc2ccc(OCC(C)C)cc2)CC1. The van der Waals surface area contributed by atoms with Crippen LogP contribution in [-0.2, 0) is 11.2 Å². The molecule has 1 aliphatic rings. The maximum absolute atomic E-state index is 12.5. The van der Waals surface area contributed by atoms with Crippen molar-refractivity contribution in [1.82, 2.24) is 10.2 Å². The summed E-state index contributed by atoms with van der Waals surface area (Å²) < 4.78 is 5.69. The number of ether oxygens (including phenoxy) is 1. The molecule has 1 heterocycles. The number of nitrogens with zero attached hydrogens (tertiary/aromatic N) is 1. The van der Waals surface area contributed by atoms with E-state index in [9.17, 15) is 4.79 Å². The van der Waals surface area contributed by atoms with Gasteiger partial charge in [0.1, 0.15) is 5.75 Å². The van der Waals surface area contributed by atoms with E-state index in [2.05, 4.69) is 26.1 Å². The lowest BCUT2D eigenvalue weighted by atomic mass is 9.96. The van der Waals surface area contributed by atoms with E-state index in [1.165, 1.54) is 0 Å². The molecular weight excluding hydrogens is 300 g/mol. The standard InChI is InChI=1S/C20H32N2O2/c1-4-21-14-18-9-11-22(12-10-18)20(23)13-17-5-7-19(8-6-17)24-15-16(2)3/h5-8,16,18,21H,4,9-15H2,1-3H3. The molecule has 1 amide bonds. The maximum atomic E-state index is 12.5. The molecule has 24 heavy (non-hydrogen) atoms. The van der Waals surface area contributed by atoms with Crippen LogP contribution in [-0.4, -0.2) is 43.6 Å². The topological polar surface area (TPSA) is 41.6 Å². The molecule has 0 radical (unpaired) electrons. The van der Waals surface area contributed by atoms with Crippen LogP contribution in [0.15, 0.2) is 24.3 Å². The van der Waals surface area contributed by atoms with Gasteiger partial charge in [-0.25, -0.2) is 0 Å². The molecule has 0 saturated carbocycles. The average Bonchev–Trinajstić information content (AvgIpc) is 2.59. The van der Waals surface area contributed by atoms with Crippen LogP contribution >= 0.6 is 0 Å². The van der Waals surface area contributed by atoms with Gasteiger partial charge in [-0.2, -0.15) is 0 Å². The molecule has 0 unspecified atom stereocenters. The fraction of sp³-hybridized carbons (Fsp3) is 0.650. The lowest BCUT2D eigenvalue weighted by Gasteiger charge is -2.32. The van der Waals surface area contributed by atoms with E-state index in [1.54, 1.807) is 0 Å². The van der Waals surface area contributed by atoms with Crippen LogP contribution in [0.1, 0.15) is 39.2 Å². The number of hydrogen-bond acceptors (Lipinski definition) is 3. The zero-order chi connectivity index (χ0) is 17.4. The highest BCUT2D eigenvalue weighted by molar-refractivity contribution is 5.78. The van der Waals surface area contributed by atoms with E-state index < -0.39 is 0 Å². The van der Waals surface area contributed by atoms with Crippen LogP contribution in [0.3, 0.4) is 0 Å². The van der Waals surface area contributed by atoms with Gasteiger partial charge in [0.2, 0.25) is 5.91 Å². The molecule has 0 aliphatic carbocycles. The summed E-state index contributed by atoms with van der Waals surface area (Å²) in [5, 5.41) is 3.41. The Hall–Kier alpha value is -1.55. The van der Waals surface area contributed by atoms with Crippen molar-refractivity contribution in [2.45, 2.75) is 40.0 Å². The van der Waals surface area contributed by atoms with E-state index in [0.29, 0.717) is 18.3 Å². The van der Waals surface area contributed by atoms with E-state index in [4.69, 9.17) is 4.74 Å². The highest BCUT2D eigenvalue weighted by Gasteiger charge is 2.22. The minimum Gasteiger partial charge on any atom is -0.493 e. The van der Waals surface area contributed by atoms with E-state index >= 15 is 0 Å². The Morgan fingerprint density at radius 2 is 1.92 bits per heavy atom. The molecule has 0 bridgehead atoms. The summed E-state index contributed by atoms with van der Waals surface area (Å²) in [4.78, 5) is 14.5.